The lowest BCUT2D eigenvalue weighted by molar-refractivity contribution is 0.201. The van der Waals surface area contributed by atoms with E-state index in [0.29, 0.717) is 12.5 Å². The molecule has 0 heterocycles. The van der Waals surface area contributed by atoms with Crippen molar-refractivity contribution in [1.29, 1.82) is 0 Å². The smallest absolute Gasteiger partial charge is 0.411 e. The summed E-state index contributed by atoms with van der Waals surface area (Å²) >= 11 is 0. The molecule has 0 spiro atoms. The zero-order valence-corrected chi connectivity index (χ0v) is 8.47. The maximum Gasteiger partial charge on any atom is 0.411 e. The highest BCUT2D eigenvalue weighted by Gasteiger charge is 2.14. The summed E-state index contributed by atoms with van der Waals surface area (Å²) in [5.41, 5.74) is 0.730. The molecule has 1 aromatic carbocycles. The summed E-state index contributed by atoms with van der Waals surface area (Å²) in [5.74, 6) is 0.325. The van der Waals surface area contributed by atoms with Crippen LogP contribution in [-0.2, 0) is 0 Å². The first-order chi connectivity index (χ1) is 6.61. The highest BCUT2D eigenvalue weighted by Crippen LogP contribution is 2.14. The van der Waals surface area contributed by atoms with Gasteiger partial charge in [-0.15, -0.1) is 0 Å². The number of amides is 1. The fourth-order valence-electron chi connectivity index (χ4n) is 1.27. The molecule has 1 amide bonds. The number of rotatable bonds is 3. The summed E-state index contributed by atoms with van der Waals surface area (Å²) in [7, 11) is 0. The largest absolute Gasteiger partial charge is 0.465 e. The fraction of sp³-hybridized carbons (Fsp3) is 0.364. The number of nitrogens with zero attached hydrogens (tertiary/aromatic N) is 1. The third-order valence-corrected chi connectivity index (χ3v) is 1.85. The van der Waals surface area contributed by atoms with Crippen molar-refractivity contribution < 1.29 is 9.90 Å². The van der Waals surface area contributed by atoms with E-state index in [4.69, 9.17) is 5.11 Å². The number of hydrogen-bond donors (Lipinski definition) is 1. The molecule has 3 nitrogen and oxygen atoms in total. The van der Waals surface area contributed by atoms with Crippen LogP contribution in [0.4, 0.5) is 10.5 Å². The second-order valence-electron chi connectivity index (χ2n) is 3.62. The van der Waals surface area contributed by atoms with Crippen LogP contribution in [0.25, 0.3) is 0 Å². The zero-order valence-electron chi connectivity index (χ0n) is 8.47. The third kappa shape index (κ3) is 2.76. The van der Waals surface area contributed by atoms with Gasteiger partial charge in [-0.1, -0.05) is 32.0 Å². The lowest BCUT2D eigenvalue weighted by Crippen LogP contribution is -2.32. The van der Waals surface area contributed by atoms with Gasteiger partial charge in [-0.25, -0.2) is 4.79 Å². The summed E-state index contributed by atoms with van der Waals surface area (Å²) < 4.78 is 0. The van der Waals surface area contributed by atoms with E-state index in [1.165, 1.54) is 4.90 Å². The van der Waals surface area contributed by atoms with E-state index >= 15 is 0 Å². The maximum atomic E-state index is 11.0. The van der Waals surface area contributed by atoms with Crippen LogP contribution in [0.5, 0.6) is 0 Å². The molecule has 1 aromatic rings. The van der Waals surface area contributed by atoms with Crippen LogP contribution in [0, 0.1) is 5.92 Å². The first-order valence-electron chi connectivity index (χ1n) is 4.66. The van der Waals surface area contributed by atoms with Crippen molar-refractivity contribution in [2.45, 2.75) is 13.8 Å². The number of anilines is 1. The van der Waals surface area contributed by atoms with Crippen molar-refractivity contribution >= 4 is 11.8 Å². The van der Waals surface area contributed by atoms with Gasteiger partial charge < -0.3 is 5.11 Å². The summed E-state index contributed by atoms with van der Waals surface area (Å²) in [4.78, 5) is 12.3. The van der Waals surface area contributed by atoms with Crippen LogP contribution < -0.4 is 4.90 Å². The van der Waals surface area contributed by atoms with E-state index in [-0.39, 0.29) is 0 Å². The molecule has 0 aliphatic carbocycles. The predicted octanol–water partition coefficient (Wildman–Crippen LogP) is 2.83. The van der Waals surface area contributed by atoms with Crippen LogP contribution in [0.1, 0.15) is 13.8 Å². The Labute approximate surface area is 84.0 Å². The molecule has 0 unspecified atom stereocenters. The summed E-state index contributed by atoms with van der Waals surface area (Å²) in [6.45, 7) is 4.52. The number of carbonyl (C=O) groups is 1. The van der Waals surface area contributed by atoms with Crippen molar-refractivity contribution in [1.82, 2.24) is 0 Å². The van der Waals surface area contributed by atoms with E-state index in [9.17, 15) is 4.79 Å². The maximum absolute atomic E-state index is 11.0. The van der Waals surface area contributed by atoms with Gasteiger partial charge in [0.2, 0.25) is 0 Å². The van der Waals surface area contributed by atoms with Gasteiger partial charge in [-0.05, 0) is 18.1 Å². The molecule has 0 fully saturated rings. The molecule has 0 atom stereocenters. The Morgan fingerprint density at radius 3 is 2.36 bits per heavy atom. The first-order valence-corrected chi connectivity index (χ1v) is 4.66. The SMILES string of the molecule is CC(C)CN(C(=O)O)c1ccccc1. The summed E-state index contributed by atoms with van der Waals surface area (Å²) in [5, 5.41) is 9.00. The lowest BCUT2D eigenvalue weighted by atomic mass is 10.2. The Hall–Kier alpha value is -1.51. The zero-order chi connectivity index (χ0) is 10.6. The molecule has 0 aliphatic rings. The molecule has 0 saturated heterocycles. The van der Waals surface area contributed by atoms with E-state index in [0.717, 1.165) is 5.69 Å². The minimum atomic E-state index is -0.898. The molecular weight excluding hydrogens is 178 g/mol. The van der Waals surface area contributed by atoms with Crippen LogP contribution in [-0.4, -0.2) is 17.7 Å². The van der Waals surface area contributed by atoms with Crippen LogP contribution in [0.15, 0.2) is 30.3 Å². The molecule has 14 heavy (non-hydrogen) atoms. The topological polar surface area (TPSA) is 40.5 Å². The number of hydrogen-bond acceptors (Lipinski definition) is 1. The first kappa shape index (κ1) is 10.6. The van der Waals surface area contributed by atoms with Gasteiger partial charge in [-0.2, -0.15) is 0 Å². The van der Waals surface area contributed by atoms with E-state index < -0.39 is 6.09 Å². The van der Waals surface area contributed by atoms with Crippen molar-refractivity contribution in [2.24, 2.45) is 5.92 Å². The van der Waals surface area contributed by atoms with E-state index in [2.05, 4.69) is 0 Å². The molecule has 0 saturated carbocycles. The monoisotopic (exact) mass is 193 g/mol. The average Bonchev–Trinajstić information content (AvgIpc) is 2.15. The third-order valence-electron chi connectivity index (χ3n) is 1.85. The minimum Gasteiger partial charge on any atom is -0.465 e. The van der Waals surface area contributed by atoms with Crippen molar-refractivity contribution in [3.63, 3.8) is 0 Å². The Bertz CT molecular complexity index is 295. The number of carboxylic acid groups (broad SMARTS) is 1. The predicted molar refractivity (Wildman–Crippen MR) is 56.7 cm³/mol. The van der Waals surface area contributed by atoms with Crippen LogP contribution >= 0.6 is 0 Å². The molecule has 1 N–H and O–H groups in total. The number of para-hydroxylation sites is 1. The Balaban J connectivity index is 2.84. The summed E-state index contributed by atoms with van der Waals surface area (Å²) in [6, 6.07) is 9.16. The molecule has 1 rings (SSSR count). The highest BCUT2D eigenvalue weighted by atomic mass is 16.4. The molecule has 0 aliphatic heterocycles. The molecule has 3 heteroatoms. The van der Waals surface area contributed by atoms with Crippen molar-refractivity contribution in [3.8, 4) is 0 Å². The van der Waals surface area contributed by atoms with Crippen LogP contribution in [0.2, 0.25) is 0 Å². The summed E-state index contributed by atoms with van der Waals surface area (Å²) in [6.07, 6.45) is -0.898. The highest BCUT2D eigenvalue weighted by molar-refractivity contribution is 5.85. The second kappa shape index (κ2) is 4.65. The Morgan fingerprint density at radius 2 is 1.93 bits per heavy atom. The Kier molecular flexibility index (Phi) is 3.51. The van der Waals surface area contributed by atoms with Gasteiger partial charge in [0.25, 0.3) is 0 Å². The number of benzene rings is 1. The molecule has 0 bridgehead atoms. The van der Waals surface area contributed by atoms with E-state index in [1.54, 1.807) is 12.1 Å². The van der Waals surface area contributed by atoms with Crippen molar-refractivity contribution in [3.05, 3.63) is 30.3 Å². The fourth-order valence-corrected chi connectivity index (χ4v) is 1.27. The normalized spacial score (nSPS) is 10.2. The lowest BCUT2D eigenvalue weighted by Gasteiger charge is -2.21. The van der Waals surface area contributed by atoms with Gasteiger partial charge in [-0.3, -0.25) is 4.90 Å². The second-order valence-corrected chi connectivity index (χ2v) is 3.62. The van der Waals surface area contributed by atoms with Crippen molar-refractivity contribution in [2.75, 3.05) is 11.4 Å². The van der Waals surface area contributed by atoms with Gasteiger partial charge >= 0.3 is 6.09 Å². The molecule has 0 aromatic heterocycles. The quantitative estimate of drug-likeness (QED) is 0.801. The average molecular weight is 193 g/mol. The van der Waals surface area contributed by atoms with E-state index in [1.807, 2.05) is 32.0 Å². The van der Waals surface area contributed by atoms with Gasteiger partial charge in [0.1, 0.15) is 0 Å². The minimum absolute atomic E-state index is 0.325. The van der Waals surface area contributed by atoms with Crippen LogP contribution in [0.3, 0.4) is 0 Å². The Morgan fingerprint density at radius 1 is 1.36 bits per heavy atom. The van der Waals surface area contributed by atoms with Gasteiger partial charge in [0.15, 0.2) is 0 Å². The molecular formula is C11H15NO2. The standard InChI is InChI=1S/C11H15NO2/c1-9(2)8-12(11(13)14)10-6-4-3-5-7-10/h3-7,9H,8H2,1-2H3,(H,13,14). The molecule has 76 valence electrons. The molecule has 0 radical (unpaired) electrons. The van der Waals surface area contributed by atoms with Gasteiger partial charge in [0.05, 0.1) is 0 Å². The van der Waals surface area contributed by atoms with Gasteiger partial charge in [0, 0.05) is 12.2 Å².